The van der Waals surface area contributed by atoms with Crippen LogP contribution in [-0.4, -0.2) is 10.2 Å². The first-order chi connectivity index (χ1) is 6.79. The highest BCUT2D eigenvalue weighted by Crippen LogP contribution is 2.20. The molecule has 0 amide bonds. The number of aromatic amines is 1. The van der Waals surface area contributed by atoms with Crippen LogP contribution in [-0.2, 0) is 0 Å². The van der Waals surface area contributed by atoms with Crippen molar-refractivity contribution < 1.29 is 0 Å². The molecule has 0 fully saturated rings. The van der Waals surface area contributed by atoms with Gasteiger partial charge in [0.25, 0.3) is 0 Å². The molecule has 1 unspecified atom stereocenters. The average molecular weight is 187 g/mol. The van der Waals surface area contributed by atoms with Gasteiger partial charge in [-0.25, -0.2) is 0 Å². The SMILES string of the molecule is Cc1[nH]ncc1C(N)c1ccccc1. The van der Waals surface area contributed by atoms with Gasteiger partial charge < -0.3 is 5.73 Å². The van der Waals surface area contributed by atoms with Crippen LogP contribution >= 0.6 is 0 Å². The highest BCUT2D eigenvalue weighted by Gasteiger charge is 2.11. The molecule has 0 saturated heterocycles. The largest absolute Gasteiger partial charge is 0.320 e. The van der Waals surface area contributed by atoms with Crippen LogP contribution < -0.4 is 5.73 Å². The van der Waals surface area contributed by atoms with Crippen LogP contribution in [0.2, 0.25) is 0 Å². The lowest BCUT2D eigenvalue weighted by Crippen LogP contribution is -2.11. The molecule has 1 atom stereocenters. The van der Waals surface area contributed by atoms with Gasteiger partial charge in [0.1, 0.15) is 0 Å². The summed E-state index contributed by atoms with van der Waals surface area (Å²) in [6.07, 6.45) is 1.78. The summed E-state index contributed by atoms with van der Waals surface area (Å²) in [6, 6.07) is 9.93. The predicted octanol–water partition coefficient (Wildman–Crippen LogP) is 1.77. The van der Waals surface area contributed by atoms with Crippen LogP contribution in [0.25, 0.3) is 0 Å². The van der Waals surface area contributed by atoms with E-state index in [1.54, 1.807) is 6.20 Å². The van der Waals surface area contributed by atoms with Gasteiger partial charge in [-0.05, 0) is 12.5 Å². The van der Waals surface area contributed by atoms with Gasteiger partial charge in [0.15, 0.2) is 0 Å². The molecule has 14 heavy (non-hydrogen) atoms. The maximum absolute atomic E-state index is 6.10. The molecule has 0 spiro atoms. The summed E-state index contributed by atoms with van der Waals surface area (Å²) >= 11 is 0. The number of hydrogen-bond acceptors (Lipinski definition) is 2. The Balaban J connectivity index is 2.34. The summed E-state index contributed by atoms with van der Waals surface area (Å²) in [5.74, 6) is 0. The summed E-state index contributed by atoms with van der Waals surface area (Å²) in [5.41, 5.74) is 9.29. The van der Waals surface area contributed by atoms with E-state index in [-0.39, 0.29) is 6.04 Å². The summed E-state index contributed by atoms with van der Waals surface area (Å²) in [6.45, 7) is 1.98. The lowest BCUT2D eigenvalue weighted by atomic mass is 10.0. The number of nitrogens with zero attached hydrogens (tertiary/aromatic N) is 1. The molecular formula is C11H13N3. The van der Waals surface area contributed by atoms with Crippen LogP contribution in [0.1, 0.15) is 22.9 Å². The van der Waals surface area contributed by atoms with Crippen LogP contribution in [0.15, 0.2) is 36.5 Å². The van der Waals surface area contributed by atoms with Crippen LogP contribution in [0.5, 0.6) is 0 Å². The van der Waals surface area contributed by atoms with E-state index in [1.807, 2.05) is 37.3 Å². The van der Waals surface area contributed by atoms with Crippen molar-refractivity contribution in [2.24, 2.45) is 5.73 Å². The van der Waals surface area contributed by atoms with Gasteiger partial charge in [0.05, 0.1) is 12.2 Å². The Morgan fingerprint density at radius 1 is 1.29 bits per heavy atom. The zero-order valence-electron chi connectivity index (χ0n) is 8.07. The number of H-pyrrole nitrogens is 1. The monoisotopic (exact) mass is 187 g/mol. The second kappa shape index (κ2) is 3.64. The van der Waals surface area contributed by atoms with Crippen molar-refractivity contribution in [3.63, 3.8) is 0 Å². The van der Waals surface area contributed by atoms with E-state index >= 15 is 0 Å². The summed E-state index contributed by atoms with van der Waals surface area (Å²) in [7, 11) is 0. The first-order valence-electron chi connectivity index (χ1n) is 4.59. The highest BCUT2D eigenvalue weighted by molar-refractivity contribution is 5.31. The fourth-order valence-corrected chi connectivity index (χ4v) is 1.51. The fourth-order valence-electron chi connectivity index (χ4n) is 1.51. The van der Waals surface area contributed by atoms with E-state index < -0.39 is 0 Å². The molecular weight excluding hydrogens is 174 g/mol. The number of aryl methyl sites for hydroxylation is 1. The third kappa shape index (κ3) is 1.54. The van der Waals surface area contributed by atoms with Gasteiger partial charge in [-0.1, -0.05) is 30.3 Å². The van der Waals surface area contributed by atoms with Crippen LogP contribution in [0.3, 0.4) is 0 Å². The molecule has 3 N–H and O–H groups in total. The first kappa shape index (κ1) is 8.97. The van der Waals surface area contributed by atoms with E-state index in [2.05, 4.69) is 10.2 Å². The molecule has 1 aromatic heterocycles. The van der Waals surface area contributed by atoms with Crippen molar-refractivity contribution in [1.29, 1.82) is 0 Å². The molecule has 3 nitrogen and oxygen atoms in total. The van der Waals surface area contributed by atoms with Gasteiger partial charge in [-0.15, -0.1) is 0 Å². The quantitative estimate of drug-likeness (QED) is 0.752. The maximum atomic E-state index is 6.10. The standard InChI is InChI=1S/C11H13N3/c1-8-10(7-13-14-8)11(12)9-5-3-2-4-6-9/h2-7,11H,12H2,1H3,(H,13,14). The molecule has 2 aromatic rings. The van der Waals surface area contributed by atoms with Gasteiger partial charge in [-0.2, -0.15) is 5.10 Å². The summed E-state index contributed by atoms with van der Waals surface area (Å²) in [4.78, 5) is 0. The first-order valence-corrected chi connectivity index (χ1v) is 4.59. The van der Waals surface area contributed by atoms with Gasteiger partial charge in [0.2, 0.25) is 0 Å². The molecule has 1 aromatic carbocycles. The molecule has 0 aliphatic rings. The maximum Gasteiger partial charge on any atom is 0.0585 e. The van der Waals surface area contributed by atoms with Gasteiger partial charge in [0, 0.05) is 11.3 Å². The zero-order chi connectivity index (χ0) is 9.97. The normalized spacial score (nSPS) is 12.7. The Bertz CT molecular complexity index is 405. The lowest BCUT2D eigenvalue weighted by molar-refractivity contribution is 0.862. The zero-order valence-corrected chi connectivity index (χ0v) is 8.07. The number of rotatable bonds is 2. The Hall–Kier alpha value is -1.61. The van der Waals surface area contributed by atoms with Crippen molar-refractivity contribution in [3.8, 4) is 0 Å². The topological polar surface area (TPSA) is 54.7 Å². The van der Waals surface area contributed by atoms with Crippen molar-refractivity contribution in [3.05, 3.63) is 53.3 Å². The summed E-state index contributed by atoms with van der Waals surface area (Å²) < 4.78 is 0. The second-order valence-corrected chi connectivity index (χ2v) is 3.34. The Morgan fingerprint density at radius 3 is 2.57 bits per heavy atom. The number of aromatic nitrogens is 2. The van der Waals surface area contributed by atoms with E-state index in [0.29, 0.717) is 0 Å². The van der Waals surface area contributed by atoms with Crippen molar-refractivity contribution in [1.82, 2.24) is 10.2 Å². The van der Waals surface area contributed by atoms with Crippen molar-refractivity contribution >= 4 is 0 Å². The van der Waals surface area contributed by atoms with E-state index in [4.69, 9.17) is 5.73 Å². The number of benzene rings is 1. The molecule has 0 saturated carbocycles. The lowest BCUT2D eigenvalue weighted by Gasteiger charge is -2.10. The molecule has 3 heteroatoms. The molecule has 2 rings (SSSR count). The molecule has 0 aliphatic heterocycles. The van der Waals surface area contributed by atoms with E-state index in [1.165, 1.54) is 0 Å². The third-order valence-corrected chi connectivity index (χ3v) is 2.36. The minimum atomic E-state index is -0.0880. The van der Waals surface area contributed by atoms with Crippen molar-refractivity contribution in [2.75, 3.05) is 0 Å². The van der Waals surface area contributed by atoms with Gasteiger partial charge >= 0.3 is 0 Å². The number of hydrogen-bond donors (Lipinski definition) is 2. The van der Waals surface area contributed by atoms with Crippen molar-refractivity contribution in [2.45, 2.75) is 13.0 Å². The number of nitrogens with two attached hydrogens (primary N) is 1. The van der Waals surface area contributed by atoms with Crippen LogP contribution in [0, 0.1) is 6.92 Å². The second-order valence-electron chi connectivity index (χ2n) is 3.34. The molecule has 0 bridgehead atoms. The minimum absolute atomic E-state index is 0.0880. The predicted molar refractivity (Wildman–Crippen MR) is 55.8 cm³/mol. The van der Waals surface area contributed by atoms with Crippen LogP contribution in [0.4, 0.5) is 0 Å². The van der Waals surface area contributed by atoms with E-state index in [0.717, 1.165) is 16.8 Å². The number of nitrogens with one attached hydrogen (secondary N) is 1. The fraction of sp³-hybridized carbons (Fsp3) is 0.182. The molecule has 0 aliphatic carbocycles. The summed E-state index contributed by atoms with van der Waals surface area (Å²) in [5, 5.41) is 6.85. The molecule has 1 heterocycles. The molecule has 0 radical (unpaired) electrons. The highest BCUT2D eigenvalue weighted by atomic mass is 15.1. The Labute approximate surface area is 83.0 Å². The minimum Gasteiger partial charge on any atom is -0.320 e. The van der Waals surface area contributed by atoms with Gasteiger partial charge in [-0.3, -0.25) is 5.10 Å². The average Bonchev–Trinajstić information content (AvgIpc) is 2.65. The molecule has 72 valence electrons. The Kier molecular flexibility index (Phi) is 2.33. The Morgan fingerprint density at radius 2 is 2.00 bits per heavy atom. The van der Waals surface area contributed by atoms with E-state index in [9.17, 15) is 0 Å². The third-order valence-electron chi connectivity index (χ3n) is 2.36. The smallest absolute Gasteiger partial charge is 0.0585 e.